The molecule has 0 atom stereocenters. The fourth-order valence-electron chi connectivity index (χ4n) is 2.65. The van der Waals surface area contributed by atoms with Crippen LogP contribution in [-0.4, -0.2) is 30.7 Å². The lowest BCUT2D eigenvalue weighted by Gasteiger charge is -2.16. The van der Waals surface area contributed by atoms with Crippen molar-refractivity contribution in [1.82, 2.24) is 4.31 Å². The van der Waals surface area contributed by atoms with Crippen LogP contribution >= 0.6 is 0 Å². The normalized spacial score (nSPS) is 21.7. The Labute approximate surface area is 111 Å². The van der Waals surface area contributed by atoms with Crippen molar-refractivity contribution in [2.75, 3.05) is 13.1 Å². The molecule has 1 aromatic carbocycles. The summed E-state index contributed by atoms with van der Waals surface area (Å²) in [5.74, 6) is 0. The Balaban J connectivity index is 1.99. The summed E-state index contributed by atoms with van der Waals surface area (Å²) in [6.45, 7) is 0.968. The summed E-state index contributed by atoms with van der Waals surface area (Å²) < 4.78 is 26.4. The van der Waals surface area contributed by atoms with Crippen molar-refractivity contribution in [1.29, 1.82) is 0 Å². The van der Waals surface area contributed by atoms with Crippen molar-refractivity contribution in [3.63, 3.8) is 0 Å². The van der Waals surface area contributed by atoms with E-state index in [1.807, 2.05) is 0 Å². The number of nitro benzene ring substituents is 1. The maximum Gasteiger partial charge on any atom is 0.289 e. The first-order valence-electron chi connectivity index (χ1n) is 6.18. The van der Waals surface area contributed by atoms with Gasteiger partial charge in [0, 0.05) is 19.2 Å². The molecule has 2 aliphatic rings. The molecule has 1 heterocycles. The van der Waals surface area contributed by atoms with Gasteiger partial charge in [0.25, 0.3) is 5.69 Å². The maximum atomic E-state index is 12.5. The van der Waals surface area contributed by atoms with Crippen LogP contribution in [0, 0.1) is 15.5 Å². The molecular weight excluding hydrogens is 268 g/mol. The highest BCUT2D eigenvalue weighted by molar-refractivity contribution is 7.89. The molecule has 0 unspecified atom stereocenters. The molecule has 0 radical (unpaired) electrons. The average Bonchev–Trinajstić information content (AvgIpc) is 2.98. The zero-order valence-electron chi connectivity index (χ0n) is 10.3. The molecule has 1 aromatic rings. The van der Waals surface area contributed by atoms with E-state index >= 15 is 0 Å². The third-order valence-electron chi connectivity index (χ3n) is 4.04. The fraction of sp³-hybridized carbons (Fsp3) is 0.500. The van der Waals surface area contributed by atoms with Crippen LogP contribution in [0.4, 0.5) is 5.69 Å². The monoisotopic (exact) mass is 282 g/mol. The van der Waals surface area contributed by atoms with Crippen LogP contribution in [0.15, 0.2) is 29.2 Å². The van der Waals surface area contributed by atoms with Crippen LogP contribution in [0.3, 0.4) is 0 Å². The van der Waals surface area contributed by atoms with Crippen molar-refractivity contribution >= 4 is 15.7 Å². The van der Waals surface area contributed by atoms with Crippen molar-refractivity contribution < 1.29 is 13.3 Å². The van der Waals surface area contributed by atoms with Gasteiger partial charge >= 0.3 is 0 Å². The molecule has 102 valence electrons. The molecule has 0 amide bonds. The minimum atomic E-state index is -3.75. The van der Waals surface area contributed by atoms with Gasteiger partial charge in [-0.3, -0.25) is 10.1 Å². The summed E-state index contributed by atoms with van der Waals surface area (Å²) in [6, 6.07) is 5.54. The van der Waals surface area contributed by atoms with E-state index in [-0.39, 0.29) is 16.0 Å². The number of hydrogen-bond donors (Lipinski definition) is 0. The van der Waals surface area contributed by atoms with Gasteiger partial charge in [-0.15, -0.1) is 0 Å². The minimum Gasteiger partial charge on any atom is -0.258 e. The molecule has 1 saturated heterocycles. The van der Waals surface area contributed by atoms with E-state index in [2.05, 4.69) is 0 Å². The van der Waals surface area contributed by atoms with Gasteiger partial charge < -0.3 is 0 Å². The van der Waals surface area contributed by atoms with Crippen LogP contribution in [0.5, 0.6) is 0 Å². The molecule has 1 aliphatic carbocycles. The summed E-state index contributed by atoms with van der Waals surface area (Å²) in [5.41, 5.74) is -0.185. The summed E-state index contributed by atoms with van der Waals surface area (Å²) in [6.07, 6.45) is 3.00. The van der Waals surface area contributed by atoms with Crippen molar-refractivity contribution in [2.24, 2.45) is 5.41 Å². The Morgan fingerprint density at radius 3 is 2.47 bits per heavy atom. The Kier molecular flexibility index (Phi) is 2.65. The first-order chi connectivity index (χ1) is 8.95. The molecule has 0 N–H and O–H groups in total. The van der Waals surface area contributed by atoms with E-state index < -0.39 is 14.9 Å². The second kappa shape index (κ2) is 4.01. The number of sulfonamides is 1. The van der Waals surface area contributed by atoms with Gasteiger partial charge in [0.2, 0.25) is 10.0 Å². The van der Waals surface area contributed by atoms with Crippen molar-refractivity contribution in [3.8, 4) is 0 Å². The highest BCUT2D eigenvalue weighted by Gasteiger charge is 2.51. The van der Waals surface area contributed by atoms with E-state index in [1.54, 1.807) is 0 Å². The van der Waals surface area contributed by atoms with Gasteiger partial charge in [-0.05, 0) is 30.7 Å². The molecule has 7 heteroatoms. The lowest BCUT2D eigenvalue weighted by molar-refractivity contribution is -0.387. The summed E-state index contributed by atoms with van der Waals surface area (Å²) in [5, 5.41) is 10.9. The second-order valence-electron chi connectivity index (χ2n) is 5.31. The number of hydrogen-bond acceptors (Lipinski definition) is 4. The Morgan fingerprint density at radius 2 is 1.89 bits per heavy atom. The lowest BCUT2D eigenvalue weighted by Crippen LogP contribution is -2.29. The van der Waals surface area contributed by atoms with E-state index in [0.29, 0.717) is 13.1 Å². The minimum absolute atomic E-state index is 0.163. The van der Waals surface area contributed by atoms with E-state index in [4.69, 9.17) is 0 Å². The lowest BCUT2D eigenvalue weighted by atomic mass is 10.1. The van der Waals surface area contributed by atoms with Gasteiger partial charge in [-0.2, -0.15) is 4.31 Å². The molecule has 0 bridgehead atoms. The van der Waals surface area contributed by atoms with Gasteiger partial charge in [-0.25, -0.2) is 8.42 Å². The number of benzene rings is 1. The first-order valence-corrected chi connectivity index (χ1v) is 7.62. The zero-order chi connectivity index (χ0) is 13.7. The van der Waals surface area contributed by atoms with Crippen LogP contribution in [0.1, 0.15) is 19.3 Å². The zero-order valence-corrected chi connectivity index (χ0v) is 11.1. The third kappa shape index (κ3) is 2.02. The Morgan fingerprint density at radius 1 is 1.21 bits per heavy atom. The van der Waals surface area contributed by atoms with Crippen LogP contribution in [0.2, 0.25) is 0 Å². The second-order valence-corrected chi connectivity index (χ2v) is 7.22. The molecule has 1 spiro atoms. The quantitative estimate of drug-likeness (QED) is 0.625. The molecule has 0 aromatic heterocycles. The topological polar surface area (TPSA) is 80.5 Å². The Hall–Kier alpha value is -1.47. The van der Waals surface area contributed by atoms with Crippen molar-refractivity contribution in [2.45, 2.75) is 24.2 Å². The third-order valence-corrected chi connectivity index (χ3v) is 5.93. The van der Waals surface area contributed by atoms with Crippen molar-refractivity contribution in [3.05, 3.63) is 34.4 Å². The van der Waals surface area contributed by atoms with Gasteiger partial charge in [0.05, 0.1) is 4.92 Å². The smallest absolute Gasteiger partial charge is 0.258 e. The molecule has 19 heavy (non-hydrogen) atoms. The maximum absolute atomic E-state index is 12.5. The predicted molar refractivity (Wildman–Crippen MR) is 68.1 cm³/mol. The van der Waals surface area contributed by atoms with E-state index in [0.717, 1.165) is 19.3 Å². The van der Waals surface area contributed by atoms with E-state index in [1.165, 1.54) is 28.6 Å². The molecule has 1 saturated carbocycles. The number of nitrogens with zero attached hydrogens (tertiary/aromatic N) is 2. The molecular formula is C12H14N2O4S. The first kappa shape index (κ1) is 12.6. The van der Waals surface area contributed by atoms with Gasteiger partial charge in [0.1, 0.15) is 0 Å². The molecule has 1 aliphatic heterocycles. The average molecular weight is 282 g/mol. The fourth-order valence-corrected chi connectivity index (χ4v) is 4.36. The predicted octanol–water partition coefficient (Wildman–Crippen LogP) is 1.77. The van der Waals surface area contributed by atoms with Gasteiger partial charge in [0.15, 0.2) is 4.90 Å². The van der Waals surface area contributed by atoms with Crippen LogP contribution < -0.4 is 0 Å². The largest absolute Gasteiger partial charge is 0.289 e. The number of nitro groups is 1. The highest BCUT2D eigenvalue weighted by Crippen LogP contribution is 2.53. The Bertz CT molecular complexity index is 637. The van der Waals surface area contributed by atoms with Gasteiger partial charge in [-0.1, -0.05) is 12.1 Å². The molecule has 3 rings (SSSR count). The summed E-state index contributed by atoms with van der Waals surface area (Å²) in [4.78, 5) is 10.1. The number of rotatable bonds is 3. The summed E-state index contributed by atoms with van der Waals surface area (Å²) in [7, 11) is -3.75. The van der Waals surface area contributed by atoms with Crippen LogP contribution in [-0.2, 0) is 10.0 Å². The molecule has 2 fully saturated rings. The van der Waals surface area contributed by atoms with E-state index in [9.17, 15) is 18.5 Å². The number of para-hydroxylation sites is 1. The highest BCUT2D eigenvalue weighted by atomic mass is 32.2. The SMILES string of the molecule is O=[N+]([O-])c1ccccc1S(=O)(=O)N1CCC2(CC2)C1. The summed E-state index contributed by atoms with van der Waals surface area (Å²) >= 11 is 0. The standard InChI is InChI=1S/C12H14N2O4S/c15-14(16)10-3-1-2-4-11(10)19(17,18)13-8-7-12(9-13)5-6-12/h1-4H,5-9H2. The molecule has 6 nitrogen and oxygen atoms in total. The van der Waals surface area contributed by atoms with Crippen LogP contribution in [0.25, 0.3) is 0 Å².